The Hall–Kier alpha value is -3.47. The molecule has 0 aliphatic carbocycles. The lowest BCUT2D eigenvalue weighted by Crippen LogP contribution is -2.24. The lowest BCUT2D eigenvalue weighted by molar-refractivity contribution is -0.113. The van der Waals surface area contributed by atoms with Gasteiger partial charge >= 0.3 is 0 Å². The van der Waals surface area contributed by atoms with Crippen LogP contribution in [0.4, 0.5) is 5.69 Å². The molecule has 10 heteroatoms. The lowest BCUT2D eigenvalue weighted by Gasteiger charge is -2.15. The second-order valence-electron chi connectivity index (χ2n) is 7.99. The van der Waals surface area contributed by atoms with Crippen LogP contribution in [0.15, 0.2) is 87.6 Å². The van der Waals surface area contributed by atoms with E-state index in [4.69, 9.17) is 0 Å². The highest BCUT2D eigenvalue weighted by Gasteiger charge is 2.19. The number of carbonyl (C=O) groups excluding carboxylic acids is 1. The van der Waals surface area contributed by atoms with Crippen LogP contribution in [0.1, 0.15) is 5.56 Å². The molecule has 0 aliphatic rings. The standard InChI is InChI=1S/C25H24N4O4S2/c1-17-9-4-7-14-22(17)29-24(31)20-12-5-6-13-21(20)27-25(29)34-16-23(30)26-18-10-8-11-19(15-18)35(32,33)28(2)3/h4-15H,16H2,1-3H3,(H,26,30). The first-order chi connectivity index (χ1) is 16.7. The number of thioether (sulfide) groups is 1. The van der Waals surface area contributed by atoms with E-state index in [1.165, 1.54) is 30.8 Å². The Kier molecular flexibility index (Phi) is 7.06. The van der Waals surface area contributed by atoms with Crippen molar-refractivity contribution in [2.75, 3.05) is 25.2 Å². The first kappa shape index (κ1) is 24.6. The lowest BCUT2D eigenvalue weighted by atomic mass is 10.2. The van der Waals surface area contributed by atoms with Crippen LogP contribution >= 0.6 is 11.8 Å². The highest BCUT2D eigenvalue weighted by Crippen LogP contribution is 2.24. The van der Waals surface area contributed by atoms with Gasteiger partial charge in [-0.15, -0.1) is 0 Å². The molecule has 0 atom stereocenters. The van der Waals surface area contributed by atoms with Crippen molar-refractivity contribution in [2.45, 2.75) is 17.0 Å². The van der Waals surface area contributed by atoms with E-state index in [1.807, 2.05) is 37.3 Å². The van der Waals surface area contributed by atoms with Crippen LogP contribution in [-0.4, -0.2) is 48.0 Å². The van der Waals surface area contributed by atoms with Crippen LogP contribution in [0.2, 0.25) is 0 Å². The maximum absolute atomic E-state index is 13.4. The van der Waals surface area contributed by atoms with Crippen molar-refractivity contribution in [1.82, 2.24) is 13.9 Å². The highest BCUT2D eigenvalue weighted by atomic mass is 32.2. The minimum absolute atomic E-state index is 0.0265. The zero-order chi connectivity index (χ0) is 25.2. The number of nitrogens with zero attached hydrogens (tertiary/aromatic N) is 3. The number of nitrogens with one attached hydrogen (secondary N) is 1. The fraction of sp³-hybridized carbons (Fsp3) is 0.160. The van der Waals surface area contributed by atoms with Gasteiger partial charge in [-0.1, -0.05) is 48.2 Å². The van der Waals surface area contributed by atoms with E-state index in [0.29, 0.717) is 27.4 Å². The number of hydrogen-bond acceptors (Lipinski definition) is 6. The number of carbonyl (C=O) groups is 1. The fourth-order valence-corrected chi connectivity index (χ4v) is 5.26. The van der Waals surface area contributed by atoms with Crippen LogP contribution in [0, 0.1) is 6.92 Å². The second kappa shape index (κ2) is 10.0. The number of fused-ring (bicyclic) bond motifs is 1. The number of para-hydroxylation sites is 2. The number of rotatable bonds is 7. The van der Waals surface area contributed by atoms with Crippen LogP contribution in [0.25, 0.3) is 16.6 Å². The molecule has 0 bridgehead atoms. The van der Waals surface area contributed by atoms with Gasteiger partial charge in [-0.05, 0) is 48.9 Å². The van der Waals surface area contributed by atoms with Crippen molar-refractivity contribution >= 4 is 44.3 Å². The van der Waals surface area contributed by atoms with E-state index in [-0.39, 0.29) is 22.1 Å². The third-order valence-electron chi connectivity index (χ3n) is 5.33. The zero-order valence-corrected chi connectivity index (χ0v) is 21.1. The molecule has 4 aromatic rings. The predicted molar refractivity (Wildman–Crippen MR) is 139 cm³/mol. The van der Waals surface area contributed by atoms with Gasteiger partial charge in [0.05, 0.1) is 27.2 Å². The Morgan fingerprint density at radius 2 is 1.74 bits per heavy atom. The molecular weight excluding hydrogens is 484 g/mol. The van der Waals surface area contributed by atoms with Crippen molar-refractivity contribution in [1.29, 1.82) is 0 Å². The van der Waals surface area contributed by atoms with Crippen molar-refractivity contribution in [3.8, 4) is 5.69 Å². The molecule has 1 heterocycles. The summed E-state index contributed by atoms with van der Waals surface area (Å²) in [7, 11) is -0.735. The van der Waals surface area contributed by atoms with Crippen molar-refractivity contribution < 1.29 is 13.2 Å². The molecule has 8 nitrogen and oxygen atoms in total. The maximum Gasteiger partial charge on any atom is 0.266 e. The van der Waals surface area contributed by atoms with E-state index in [1.54, 1.807) is 30.3 Å². The smallest absolute Gasteiger partial charge is 0.266 e. The number of anilines is 1. The van der Waals surface area contributed by atoms with Gasteiger partial charge in [0.1, 0.15) is 0 Å². The van der Waals surface area contributed by atoms with Crippen molar-refractivity contribution in [3.05, 3.63) is 88.7 Å². The number of benzene rings is 3. The molecule has 0 radical (unpaired) electrons. The SMILES string of the molecule is Cc1ccccc1-n1c(SCC(=O)Nc2cccc(S(=O)(=O)N(C)C)c2)nc2ccccc2c1=O. The van der Waals surface area contributed by atoms with Crippen LogP contribution < -0.4 is 10.9 Å². The summed E-state index contributed by atoms with van der Waals surface area (Å²) < 4.78 is 27.4. The minimum atomic E-state index is -3.63. The number of amides is 1. The summed E-state index contributed by atoms with van der Waals surface area (Å²) in [6, 6.07) is 20.7. The summed E-state index contributed by atoms with van der Waals surface area (Å²) in [5.41, 5.74) is 2.29. The molecule has 0 saturated carbocycles. The fourth-order valence-electron chi connectivity index (χ4n) is 3.51. The monoisotopic (exact) mass is 508 g/mol. The highest BCUT2D eigenvalue weighted by molar-refractivity contribution is 7.99. The largest absolute Gasteiger partial charge is 0.325 e. The Morgan fingerprint density at radius 1 is 1.03 bits per heavy atom. The third kappa shape index (κ3) is 5.14. The second-order valence-corrected chi connectivity index (χ2v) is 11.1. The summed E-state index contributed by atoms with van der Waals surface area (Å²) in [5.74, 6) is -0.380. The molecule has 180 valence electrons. The molecular formula is C25H24N4O4S2. The number of hydrogen-bond donors (Lipinski definition) is 1. The molecule has 1 N–H and O–H groups in total. The number of aryl methyl sites for hydroxylation is 1. The molecule has 0 aliphatic heterocycles. The average molecular weight is 509 g/mol. The summed E-state index contributed by atoms with van der Waals surface area (Å²) >= 11 is 1.13. The van der Waals surface area contributed by atoms with Gasteiger partial charge in [0.2, 0.25) is 15.9 Å². The number of aromatic nitrogens is 2. The predicted octanol–water partition coefficient (Wildman–Crippen LogP) is 3.68. The first-order valence-electron chi connectivity index (χ1n) is 10.7. The molecule has 0 saturated heterocycles. The van der Waals surface area contributed by atoms with E-state index in [9.17, 15) is 18.0 Å². The topological polar surface area (TPSA) is 101 Å². The van der Waals surface area contributed by atoms with Gasteiger partial charge in [-0.3, -0.25) is 14.2 Å². The average Bonchev–Trinajstić information content (AvgIpc) is 2.84. The van der Waals surface area contributed by atoms with Crippen LogP contribution in [-0.2, 0) is 14.8 Å². The summed E-state index contributed by atoms with van der Waals surface area (Å²) in [4.78, 5) is 30.8. The Labute approximate surface area is 207 Å². The van der Waals surface area contributed by atoms with E-state index < -0.39 is 10.0 Å². The molecule has 3 aromatic carbocycles. The molecule has 4 rings (SSSR count). The van der Waals surface area contributed by atoms with Gasteiger partial charge < -0.3 is 5.32 Å². The van der Waals surface area contributed by atoms with Gasteiger partial charge in [0.25, 0.3) is 5.56 Å². The van der Waals surface area contributed by atoms with E-state index in [2.05, 4.69) is 10.3 Å². The van der Waals surface area contributed by atoms with Gasteiger partial charge in [-0.25, -0.2) is 17.7 Å². The Bertz CT molecular complexity index is 1580. The van der Waals surface area contributed by atoms with Gasteiger partial charge in [0.15, 0.2) is 5.16 Å². The summed E-state index contributed by atoms with van der Waals surface area (Å²) in [6.07, 6.45) is 0. The molecule has 1 amide bonds. The molecule has 35 heavy (non-hydrogen) atoms. The first-order valence-corrected chi connectivity index (χ1v) is 13.1. The summed E-state index contributed by atoms with van der Waals surface area (Å²) in [6.45, 7) is 1.91. The molecule has 0 unspecified atom stereocenters. The summed E-state index contributed by atoms with van der Waals surface area (Å²) in [5, 5.41) is 3.61. The van der Waals surface area contributed by atoms with Crippen molar-refractivity contribution in [3.63, 3.8) is 0 Å². The third-order valence-corrected chi connectivity index (χ3v) is 8.08. The van der Waals surface area contributed by atoms with Gasteiger partial charge in [0, 0.05) is 19.8 Å². The zero-order valence-electron chi connectivity index (χ0n) is 19.4. The van der Waals surface area contributed by atoms with Gasteiger partial charge in [-0.2, -0.15) is 0 Å². The Morgan fingerprint density at radius 3 is 2.49 bits per heavy atom. The quantitative estimate of drug-likeness (QED) is 0.302. The van der Waals surface area contributed by atoms with Crippen molar-refractivity contribution in [2.24, 2.45) is 0 Å². The molecule has 1 aromatic heterocycles. The van der Waals surface area contributed by atoms with Crippen LogP contribution in [0.3, 0.4) is 0 Å². The maximum atomic E-state index is 13.4. The minimum Gasteiger partial charge on any atom is -0.325 e. The van der Waals surface area contributed by atoms with E-state index >= 15 is 0 Å². The molecule has 0 fully saturated rings. The Balaban J connectivity index is 1.63. The van der Waals surface area contributed by atoms with Crippen LogP contribution in [0.5, 0.6) is 0 Å². The molecule has 0 spiro atoms. The van der Waals surface area contributed by atoms with E-state index in [0.717, 1.165) is 21.6 Å². The number of sulfonamides is 1. The normalized spacial score (nSPS) is 11.7.